The molecule has 1 nitrogen and oxygen atoms in total. The van der Waals surface area contributed by atoms with Crippen molar-refractivity contribution in [2.24, 2.45) is 0 Å². The molecule has 13 heteroatoms. The Morgan fingerprint density at radius 3 is 1.31 bits per heavy atom. The third kappa shape index (κ3) is 7.08. The van der Waals surface area contributed by atoms with Gasteiger partial charge in [-0.15, -0.1) is 15.5 Å². The first-order valence-electron chi connectivity index (χ1n) is 6.32. The van der Waals surface area contributed by atoms with Crippen molar-refractivity contribution < 1.29 is 40.1 Å². The fourth-order valence-electron chi connectivity index (χ4n) is 1.50. The minimum Gasteiger partial charge on any atom is -0.508 e. The first kappa shape index (κ1) is 22.6. The van der Waals surface area contributed by atoms with E-state index in [9.17, 15) is 35.0 Å². The van der Waals surface area contributed by atoms with Crippen LogP contribution in [0, 0.1) is 6.92 Å². The molecule has 0 aliphatic carbocycles. The quantitative estimate of drug-likeness (QED) is 0.449. The maximum Gasteiger partial charge on any atom is 0.310 e. The Morgan fingerprint density at radius 1 is 0.654 bits per heavy atom. The van der Waals surface area contributed by atoms with Gasteiger partial charge in [0, 0.05) is 10.7 Å². The van der Waals surface area contributed by atoms with Crippen LogP contribution < -0.4 is 0 Å². The zero-order chi connectivity index (χ0) is 20.8. The van der Waals surface area contributed by atoms with Gasteiger partial charge in [0.1, 0.15) is 10.6 Å². The average molecular weight is 455 g/mol. The molecule has 0 spiro atoms. The number of phenolic OH excluding ortho intramolecular Hbond substituents is 1. The maximum atomic E-state index is 12.5. The monoisotopic (exact) mass is 454 g/mol. The molecule has 0 saturated carbocycles. The van der Waals surface area contributed by atoms with E-state index in [4.69, 9.17) is 5.11 Å². The topological polar surface area (TPSA) is 20.2 Å². The van der Waals surface area contributed by atoms with Crippen LogP contribution >= 0.6 is 30.0 Å². The van der Waals surface area contributed by atoms with Crippen LogP contribution in [-0.2, 0) is 0 Å². The molecule has 2 rings (SSSR count). The third-order valence-corrected chi connectivity index (χ3v) is 5.61. The van der Waals surface area contributed by atoms with Crippen molar-refractivity contribution in [1.29, 1.82) is 0 Å². The summed E-state index contributed by atoms with van der Waals surface area (Å²) in [6, 6.07) is 5.04. The molecule has 0 bridgehead atoms. The Labute approximate surface area is 147 Å². The highest BCUT2D eigenvalue weighted by Gasteiger charge is 2.65. The van der Waals surface area contributed by atoms with Crippen LogP contribution in [0.3, 0.4) is 0 Å². The lowest BCUT2D eigenvalue weighted by molar-refractivity contribution is 0.363. The second kappa shape index (κ2) is 5.10. The third-order valence-electron chi connectivity index (χ3n) is 2.75. The maximum absolute atomic E-state index is 12.5. The molecule has 152 valence electrons. The first-order chi connectivity index (χ1) is 11.0. The normalized spacial score (nSPS) is 17.7. The van der Waals surface area contributed by atoms with E-state index >= 15 is 0 Å². The minimum absolute atomic E-state index is 0.150. The second-order valence-electron chi connectivity index (χ2n) is 5.24. The lowest BCUT2D eigenvalue weighted by Crippen LogP contribution is -2.05. The molecule has 0 aromatic heterocycles. The lowest BCUT2D eigenvalue weighted by Gasteiger charge is -2.42. The van der Waals surface area contributed by atoms with Crippen LogP contribution in [0.5, 0.6) is 5.75 Å². The van der Waals surface area contributed by atoms with Gasteiger partial charge >= 0.3 is 10.2 Å². The average Bonchev–Trinajstić information content (AvgIpc) is 2.34. The fourth-order valence-corrected chi connectivity index (χ4v) is 3.11. The lowest BCUT2D eigenvalue weighted by atomic mass is 10.2. The van der Waals surface area contributed by atoms with E-state index < -0.39 is 34.8 Å². The molecule has 26 heavy (non-hydrogen) atoms. The molecule has 2 aromatic carbocycles. The van der Waals surface area contributed by atoms with Gasteiger partial charge in [0.25, 0.3) is 9.05 Å². The molecule has 0 heterocycles. The van der Waals surface area contributed by atoms with Crippen molar-refractivity contribution in [2.75, 3.05) is 0 Å². The number of rotatable bonds is 2. The van der Waals surface area contributed by atoms with E-state index in [1.165, 1.54) is 0 Å². The van der Waals surface area contributed by atoms with E-state index in [1.807, 2.05) is 0 Å². The van der Waals surface area contributed by atoms with Gasteiger partial charge in [0.05, 0.1) is 4.90 Å². The van der Waals surface area contributed by atoms with Crippen molar-refractivity contribution >= 4 is 30.0 Å². The standard InChI is InChI=1S/C7H7ClF4S.C6H5F5OS/c1-6-2-4-7(5-3-6)13(8,9,10,11)12;7-13(8,9,10,11)6-3-1-5(12)2-4-6/h2-5H,1H3;1-4,12H. The summed E-state index contributed by atoms with van der Waals surface area (Å²) >= 11 is 0. The van der Waals surface area contributed by atoms with Gasteiger partial charge in [-0.2, -0.15) is 0 Å². The summed E-state index contributed by atoms with van der Waals surface area (Å²) in [4.78, 5) is -3.41. The minimum atomic E-state index is -9.56. The van der Waals surface area contributed by atoms with Gasteiger partial charge in [0.2, 0.25) is 0 Å². The molecule has 0 amide bonds. The van der Waals surface area contributed by atoms with Crippen molar-refractivity contribution in [1.82, 2.24) is 0 Å². The predicted octanol–water partition coefficient (Wildman–Crippen LogP) is 8.97. The molecule has 0 saturated heterocycles. The van der Waals surface area contributed by atoms with Crippen molar-refractivity contribution in [2.45, 2.75) is 16.7 Å². The van der Waals surface area contributed by atoms with Gasteiger partial charge in [-0.3, -0.25) is 0 Å². The SMILES string of the molecule is Cc1ccc(S(F)(F)(F)(F)Cl)cc1.Oc1ccc(S(F)(F)(F)(F)F)cc1. The molecular weight excluding hydrogens is 443 g/mol. The Hall–Kier alpha value is -1.40. The Balaban J connectivity index is 0.000000260. The van der Waals surface area contributed by atoms with Gasteiger partial charge in [-0.25, -0.2) is 0 Å². The first-order valence-corrected chi connectivity index (χ1v) is 11.1. The Morgan fingerprint density at radius 2 is 1.00 bits per heavy atom. The zero-order valence-corrected chi connectivity index (χ0v) is 15.1. The predicted molar refractivity (Wildman–Crippen MR) is 86.8 cm³/mol. The van der Waals surface area contributed by atoms with E-state index in [0.717, 1.165) is 12.1 Å². The highest BCUT2D eigenvalue weighted by Crippen LogP contribution is 3.04. The van der Waals surface area contributed by atoms with Crippen LogP contribution in [0.1, 0.15) is 5.56 Å². The smallest absolute Gasteiger partial charge is 0.310 e. The zero-order valence-electron chi connectivity index (χ0n) is 12.7. The van der Waals surface area contributed by atoms with Crippen molar-refractivity contribution in [3.05, 3.63) is 54.1 Å². The Bertz CT molecular complexity index is 725. The number of benzene rings is 2. The summed E-state index contributed by atoms with van der Waals surface area (Å²) in [5.74, 6) is -0.495. The molecular formula is C13H12ClF9OS2. The van der Waals surface area contributed by atoms with Crippen molar-refractivity contribution in [3.63, 3.8) is 0 Å². The number of hydrogen-bond acceptors (Lipinski definition) is 1. The number of halogens is 10. The van der Waals surface area contributed by atoms with Crippen LogP contribution in [0.2, 0.25) is 0 Å². The largest absolute Gasteiger partial charge is 0.508 e. The number of phenols is 1. The summed E-state index contributed by atoms with van der Waals surface area (Å²) in [5, 5.41) is 8.59. The highest BCUT2D eigenvalue weighted by molar-refractivity contribution is 8.65. The number of aryl methyl sites for hydroxylation is 1. The summed E-state index contributed by atoms with van der Waals surface area (Å²) in [5.41, 5.74) is 0.613. The summed E-state index contributed by atoms with van der Waals surface area (Å²) in [7, 11) is -14.0. The molecule has 0 atom stereocenters. The van der Waals surface area contributed by atoms with Crippen LogP contribution in [0.4, 0.5) is 35.0 Å². The highest BCUT2D eigenvalue weighted by atomic mass is 35.7. The molecule has 0 radical (unpaired) electrons. The molecule has 0 unspecified atom stereocenters. The van der Waals surface area contributed by atoms with Crippen LogP contribution in [0.25, 0.3) is 0 Å². The summed E-state index contributed by atoms with van der Waals surface area (Å²) in [6.07, 6.45) is 0. The Kier molecular flexibility index (Phi) is 4.44. The van der Waals surface area contributed by atoms with Crippen LogP contribution in [0.15, 0.2) is 58.3 Å². The number of aromatic hydroxyl groups is 1. The van der Waals surface area contributed by atoms with E-state index in [0.29, 0.717) is 29.8 Å². The molecule has 1 N–H and O–H groups in total. The summed E-state index contributed by atoms with van der Waals surface area (Å²) in [6.45, 7) is 1.60. The van der Waals surface area contributed by atoms with E-state index in [1.54, 1.807) is 6.92 Å². The molecule has 0 fully saturated rings. The number of hydrogen-bond donors (Lipinski definition) is 1. The van der Waals surface area contributed by atoms with Gasteiger partial charge in [-0.1, -0.05) is 37.1 Å². The molecule has 0 aliphatic rings. The van der Waals surface area contributed by atoms with Gasteiger partial charge in [-0.05, 0) is 43.3 Å². The molecule has 2 aromatic rings. The molecule has 0 aliphatic heterocycles. The van der Waals surface area contributed by atoms with Crippen LogP contribution in [-0.4, -0.2) is 5.11 Å². The van der Waals surface area contributed by atoms with Crippen molar-refractivity contribution in [3.8, 4) is 5.75 Å². The van der Waals surface area contributed by atoms with E-state index in [2.05, 4.69) is 10.7 Å². The van der Waals surface area contributed by atoms with Gasteiger partial charge < -0.3 is 5.11 Å². The fraction of sp³-hybridized carbons (Fsp3) is 0.0769. The summed E-state index contributed by atoms with van der Waals surface area (Å²) < 4.78 is 110. The van der Waals surface area contributed by atoms with E-state index in [-0.39, 0.29) is 12.1 Å². The second-order valence-corrected chi connectivity index (χ2v) is 11.9. The van der Waals surface area contributed by atoms with Gasteiger partial charge in [0.15, 0.2) is 0 Å².